The zero-order chi connectivity index (χ0) is 15.2. The van der Waals surface area contributed by atoms with E-state index < -0.39 is 12.0 Å². The van der Waals surface area contributed by atoms with Crippen LogP contribution in [0.3, 0.4) is 0 Å². The summed E-state index contributed by atoms with van der Waals surface area (Å²) in [7, 11) is 0. The SMILES string of the molecule is CCC(C)C(NC(=O)NCC1(SC)CCCC1)C(=O)O. The van der Waals surface area contributed by atoms with Gasteiger partial charge in [-0.05, 0) is 25.0 Å². The predicted octanol–water partition coefficient (Wildman–Crippen LogP) is 2.46. The molecule has 1 fully saturated rings. The summed E-state index contributed by atoms with van der Waals surface area (Å²) >= 11 is 1.80. The summed E-state index contributed by atoms with van der Waals surface area (Å²) in [4.78, 5) is 23.1. The van der Waals surface area contributed by atoms with Gasteiger partial charge < -0.3 is 15.7 Å². The van der Waals surface area contributed by atoms with E-state index in [0.717, 1.165) is 12.8 Å². The molecule has 0 bridgehead atoms. The number of hydrogen-bond acceptors (Lipinski definition) is 3. The minimum absolute atomic E-state index is 0.0840. The van der Waals surface area contributed by atoms with Crippen molar-refractivity contribution < 1.29 is 14.7 Å². The molecule has 0 spiro atoms. The van der Waals surface area contributed by atoms with Gasteiger partial charge in [-0.1, -0.05) is 33.1 Å². The van der Waals surface area contributed by atoms with E-state index in [1.807, 2.05) is 13.8 Å². The van der Waals surface area contributed by atoms with Crippen molar-refractivity contribution in [2.24, 2.45) is 5.92 Å². The summed E-state index contributed by atoms with van der Waals surface area (Å²) in [5.74, 6) is -1.06. The molecular weight excluding hydrogens is 276 g/mol. The lowest BCUT2D eigenvalue weighted by Crippen LogP contribution is -2.51. The second kappa shape index (κ2) is 7.76. The van der Waals surface area contributed by atoms with Crippen LogP contribution < -0.4 is 10.6 Å². The second-order valence-corrected chi connectivity index (χ2v) is 6.90. The first kappa shape index (κ1) is 17.1. The zero-order valence-electron chi connectivity index (χ0n) is 12.6. The first-order valence-electron chi connectivity index (χ1n) is 7.26. The fourth-order valence-corrected chi connectivity index (χ4v) is 3.50. The third kappa shape index (κ3) is 4.58. The largest absolute Gasteiger partial charge is 0.480 e. The van der Waals surface area contributed by atoms with E-state index in [-0.39, 0.29) is 16.7 Å². The molecule has 1 aliphatic carbocycles. The highest BCUT2D eigenvalue weighted by Crippen LogP contribution is 2.39. The number of carbonyl (C=O) groups excluding carboxylic acids is 1. The number of aliphatic carboxylic acids is 1. The molecule has 20 heavy (non-hydrogen) atoms. The number of carboxylic acids is 1. The van der Waals surface area contributed by atoms with Crippen LogP contribution in [0.1, 0.15) is 46.0 Å². The van der Waals surface area contributed by atoms with Crippen LogP contribution in [0.15, 0.2) is 0 Å². The fraction of sp³-hybridized carbons (Fsp3) is 0.857. The topological polar surface area (TPSA) is 78.4 Å². The molecule has 3 N–H and O–H groups in total. The van der Waals surface area contributed by atoms with E-state index in [1.165, 1.54) is 12.8 Å². The third-order valence-corrected chi connectivity index (χ3v) is 5.70. The van der Waals surface area contributed by atoms with Gasteiger partial charge in [-0.25, -0.2) is 9.59 Å². The maximum absolute atomic E-state index is 11.9. The monoisotopic (exact) mass is 302 g/mol. The molecule has 6 heteroatoms. The quantitative estimate of drug-likeness (QED) is 0.675. The number of carbonyl (C=O) groups is 2. The average molecular weight is 302 g/mol. The Bertz CT molecular complexity index is 343. The lowest BCUT2D eigenvalue weighted by atomic mass is 9.99. The Hall–Kier alpha value is -0.910. The van der Waals surface area contributed by atoms with Gasteiger partial charge in [-0.2, -0.15) is 11.8 Å². The highest BCUT2D eigenvalue weighted by Gasteiger charge is 2.33. The summed E-state index contributed by atoms with van der Waals surface area (Å²) in [5, 5.41) is 14.6. The molecule has 1 saturated carbocycles. The molecule has 1 rings (SSSR count). The smallest absolute Gasteiger partial charge is 0.326 e. The van der Waals surface area contributed by atoms with Crippen molar-refractivity contribution in [3.05, 3.63) is 0 Å². The second-order valence-electron chi connectivity index (χ2n) is 5.62. The van der Waals surface area contributed by atoms with Crippen molar-refractivity contribution in [2.45, 2.75) is 56.7 Å². The third-order valence-electron chi connectivity index (χ3n) is 4.28. The van der Waals surface area contributed by atoms with Crippen LogP contribution in [-0.4, -0.2) is 40.7 Å². The molecule has 5 nitrogen and oxygen atoms in total. The van der Waals surface area contributed by atoms with Crippen LogP contribution in [-0.2, 0) is 4.79 Å². The van der Waals surface area contributed by atoms with Gasteiger partial charge in [0.1, 0.15) is 6.04 Å². The van der Waals surface area contributed by atoms with Crippen LogP contribution in [0, 0.1) is 5.92 Å². The van der Waals surface area contributed by atoms with Crippen molar-refractivity contribution in [1.29, 1.82) is 0 Å². The molecule has 0 radical (unpaired) electrons. The molecule has 2 unspecified atom stereocenters. The lowest BCUT2D eigenvalue weighted by Gasteiger charge is -2.28. The maximum Gasteiger partial charge on any atom is 0.326 e. The maximum atomic E-state index is 11.9. The molecule has 0 aromatic rings. The Balaban J connectivity index is 2.47. The molecule has 0 aromatic carbocycles. The first-order valence-corrected chi connectivity index (χ1v) is 8.49. The van der Waals surface area contributed by atoms with Gasteiger partial charge in [0.05, 0.1) is 0 Å². The van der Waals surface area contributed by atoms with Crippen molar-refractivity contribution in [3.8, 4) is 0 Å². The van der Waals surface area contributed by atoms with Crippen molar-refractivity contribution in [1.82, 2.24) is 10.6 Å². The van der Waals surface area contributed by atoms with Crippen LogP contribution in [0.2, 0.25) is 0 Å². The number of hydrogen-bond donors (Lipinski definition) is 3. The molecule has 1 aliphatic rings. The van der Waals surface area contributed by atoms with Gasteiger partial charge >= 0.3 is 12.0 Å². The Labute approximate surface area is 125 Å². The molecular formula is C14H26N2O3S. The van der Waals surface area contributed by atoms with Gasteiger partial charge in [-0.15, -0.1) is 0 Å². The van der Waals surface area contributed by atoms with Gasteiger partial charge in [0.25, 0.3) is 0 Å². The van der Waals surface area contributed by atoms with Crippen LogP contribution in [0.5, 0.6) is 0 Å². The molecule has 2 amide bonds. The van der Waals surface area contributed by atoms with Gasteiger partial charge in [0, 0.05) is 11.3 Å². The normalized spacial score (nSPS) is 20.1. The van der Waals surface area contributed by atoms with Crippen LogP contribution in [0.25, 0.3) is 0 Å². The van der Waals surface area contributed by atoms with E-state index >= 15 is 0 Å². The first-order chi connectivity index (χ1) is 9.44. The Morgan fingerprint density at radius 3 is 2.40 bits per heavy atom. The minimum atomic E-state index is -0.977. The average Bonchev–Trinajstić information content (AvgIpc) is 2.91. The number of urea groups is 1. The summed E-state index contributed by atoms with van der Waals surface area (Å²) in [5.41, 5.74) is 0. The van der Waals surface area contributed by atoms with Gasteiger partial charge in [-0.3, -0.25) is 0 Å². The molecule has 2 atom stereocenters. The predicted molar refractivity (Wildman–Crippen MR) is 82.1 cm³/mol. The van der Waals surface area contributed by atoms with Crippen LogP contribution in [0.4, 0.5) is 4.79 Å². The van der Waals surface area contributed by atoms with Crippen molar-refractivity contribution in [2.75, 3.05) is 12.8 Å². The van der Waals surface area contributed by atoms with Crippen molar-refractivity contribution in [3.63, 3.8) is 0 Å². The summed E-state index contributed by atoms with van der Waals surface area (Å²) in [6.45, 7) is 4.35. The fourth-order valence-electron chi connectivity index (χ4n) is 2.59. The standard InChI is InChI=1S/C14H26N2O3S/c1-4-10(2)11(12(17)18)16-13(19)15-9-14(20-3)7-5-6-8-14/h10-11H,4-9H2,1-3H3,(H,17,18)(H2,15,16,19). The molecule has 0 saturated heterocycles. The van der Waals surface area contributed by atoms with E-state index in [1.54, 1.807) is 11.8 Å². The highest BCUT2D eigenvalue weighted by molar-refractivity contribution is 8.00. The lowest BCUT2D eigenvalue weighted by molar-refractivity contribution is -0.140. The highest BCUT2D eigenvalue weighted by atomic mass is 32.2. The number of nitrogens with one attached hydrogen (secondary N) is 2. The van der Waals surface area contributed by atoms with E-state index in [0.29, 0.717) is 13.0 Å². The van der Waals surface area contributed by atoms with Crippen molar-refractivity contribution >= 4 is 23.8 Å². The van der Waals surface area contributed by atoms with E-state index in [9.17, 15) is 9.59 Å². The molecule has 0 aromatic heterocycles. The summed E-state index contributed by atoms with van der Waals surface area (Å²) < 4.78 is 0.131. The summed E-state index contributed by atoms with van der Waals surface area (Å²) in [6, 6.07) is -1.20. The number of thioether (sulfide) groups is 1. The number of carboxylic acid groups (broad SMARTS) is 1. The molecule has 0 heterocycles. The Kier molecular flexibility index (Phi) is 6.65. The Morgan fingerprint density at radius 2 is 1.95 bits per heavy atom. The number of amides is 2. The van der Waals surface area contributed by atoms with Gasteiger partial charge in [0.2, 0.25) is 0 Å². The van der Waals surface area contributed by atoms with Crippen LogP contribution >= 0.6 is 11.8 Å². The molecule has 116 valence electrons. The van der Waals surface area contributed by atoms with E-state index in [2.05, 4.69) is 16.9 Å². The zero-order valence-corrected chi connectivity index (χ0v) is 13.4. The summed E-state index contributed by atoms with van der Waals surface area (Å²) in [6.07, 6.45) is 7.42. The molecule has 0 aliphatic heterocycles. The minimum Gasteiger partial charge on any atom is -0.480 e. The van der Waals surface area contributed by atoms with E-state index in [4.69, 9.17) is 5.11 Å². The van der Waals surface area contributed by atoms with Gasteiger partial charge in [0.15, 0.2) is 0 Å². The Morgan fingerprint density at radius 1 is 1.35 bits per heavy atom. The number of rotatable bonds is 7.